The first kappa shape index (κ1) is 75.5. The maximum Gasteiger partial charge on any atom is 0.472 e. The van der Waals surface area contributed by atoms with Gasteiger partial charge < -0.3 is 18.9 Å². The molecule has 1 N–H and O–H groups in total. The van der Waals surface area contributed by atoms with Crippen molar-refractivity contribution in [2.75, 3.05) is 47.5 Å². The summed E-state index contributed by atoms with van der Waals surface area (Å²) >= 11 is 0. The topological polar surface area (TPSA) is 108 Å². The van der Waals surface area contributed by atoms with Crippen molar-refractivity contribution in [3.05, 3.63) is 24.3 Å². The molecule has 0 aliphatic heterocycles. The second kappa shape index (κ2) is 59.1. The summed E-state index contributed by atoms with van der Waals surface area (Å²) in [6, 6.07) is 0. The van der Waals surface area contributed by atoms with Gasteiger partial charge in [-0.2, -0.15) is 0 Å². The first-order chi connectivity index (χ1) is 37.5. The summed E-state index contributed by atoms with van der Waals surface area (Å²) in [5, 5.41) is 0. The van der Waals surface area contributed by atoms with Crippen molar-refractivity contribution in [1.29, 1.82) is 0 Å². The van der Waals surface area contributed by atoms with Crippen LogP contribution >= 0.6 is 7.82 Å². The van der Waals surface area contributed by atoms with Crippen LogP contribution in [0.25, 0.3) is 0 Å². The van der Waals surface area contributed by atoms with Crippen molar-refractivity contribution in [2.45, 2.75) is 347 Å². The highest BCUT2D eigenvalue weighted by Gasteiger charge is 2.27. The number of phosphoric acid groups is 1. The fraction of sp³-hybridized carbons (Fsp3) is 0.910. The Balaban J connectivity index is 3.90. The monoisotopic (exact) mass is 1110 g/mol. The minimum absolute atomic E-state index is 0.0324. The smallest absolute Gasteiger partial charge is 0.462 e. The second-order valence-electron chi connectivity index (χ2n) is 24.2. The third-order valence-corrected chi connectivity index (χ3v) is 16.2. The van der Waals surface area contributed by atoms with Crippen LogP contribution in [0.5, 0.6) is 0 Å². The predicted molar refractivity (Wildman–Crippen MR) is 331 cm³/mol. The van der Waals surface area contributed by atoms with Gasteiger partial charge in [-0.1, -0.05) is 308 Å². The summed E-state index contributed by atoms with van der Waals surface area (Å²) in [7, 11) is 1.49. The van der Waals surface area contributed by atoms with E-state index in [0.29, 0.717) is 23.9 Å². The third-order valence-electron chi connectivity index (χ3n) is 15.2. The Morgan fingerprint density at radius 1 is 0.403 bits per heavy atom. The summed E-state index contributed by atoms with van der Waals surface area (Å²) in [4.78, 5) is 35.7. The highest BCUT2D eigenvalue weighted by molar-refractivity contribution is 7.47. The molecule has 9 nitrogen and oxygen atoms in total. The average molecular weight is 1110 g/mol. The Hall–Kier alpha value is -1.51. The first-order valence-corrected chi connectivity index (χ1v) is 35.1. The molecule has 0 saturated carbocycles. The number of hydrogen-bond acceptors (Lipinski definition) is 7. The SMILES string of the molecule is CCCCC/C=C\C/C=C\CCCCCCCCCC(=O)OC(COC(=O)CCCCCCCCCCCCCCCCCCCCCCCCCCCCCCCCCCCCCC)COP(=O)(O)OCC[N+](C)(C)C. The number of likely N-dealkylation sites (N-methyl/N-ethyl adjacent to an activating group) is 1. The molecule has 0 aliphatic rings. The number of nitrogens with zero attached hydrogens (tertiary/aromatic N) is 1. The van der Waals surface area contributed by atoms with E-state index in [2.05, 4.69) is 38.2 Å². The number of unbranched alkanes of at least 4 members (excludes halogenated alkanes) is 45. The van der Waals surface area contributed by atoms with Crippen LogP contribution in [-0.2, 0) is 32.7 Å². The van der Waals surface area contributed by atoms with Crippen LogP contribution < -0.4 is 0 Å². The average Bonchev–Trinajstić information content (AvgIpc) is 3.39. The zero-order chi connectivity index (χ0) is 56.3. The molecule has 0 aliphatic carbocycles. The number of quaternary nitrogens is 1. The molecular formula is C67H131NO8P+. The predicted octanol–water partition coefficient (Wildman–Crippen LogP) is 21.3. The number of phosphoric ester groups is 1. The molecule has 0 heterocycles. The Morgan fingerprint density at radius 2 is 0.701 bits per heavy atom. The van der Waals surface area contributed by atoms with Crippen LogP contribution in [0.1, 0.15) is 341 Å². The van der Waals surface area contributed by atoms with Gasteiger partial charge in [-0.05, 0) is 44.9 Å². The Kier molecular flexibility index (Phi) is 58.0. The molecule has 0 bridgehead atoms. The molecule has 0 amide bonds. The van der Waals surface area contributed by atoms with E-state index in [-0.39, 0.29) is 25.6 Å². The number of rotatable bonds is 63. The Morgan fingerprint density at radius 3 is 1.05 bits per heavy atom. The van der Waals surface area contributed by atoms with Crippen LogP contribution in [0.3, 0.4) is 0 Å². The minimum atomic E-state index is -4.39. The summed E-state index contributed by atoms with van der Waals surface area (Å²) < 4.78 is 34.6. The molecule has 0 radical (unpaired) electrons. The zero-order valence-electron chi connectivity index (χ0n) is 52.0. The standard InChI is InChI=1S/C67H130NO8P/c1-6-8-10-12-14-16-18-20-22-24-25-26-27-28-29-30-31-32-33-34-35-36-37-38-39-40-41-42-44-45-47-49-51-53-55-57-59-66(69)73-63-65(64-75-77(71,72)74-62-61-68(3,4)5)76-67(70)60-58-56-54-52-50-48-46-43-23-21-19-17-15-13-11-9-7-2/h15,17,21,23,65H,6-14,16,18-20,22,24-64H2,1-5H3/p+1/b17-15-,23-21-. The normalized spacial score (nSPS) is 13.3. The molecule has 0 saturated heterocycles. The van der Waals surface area contributed by atoms with Crippen molar-refractivity contribution in [2.24, 2.45) is 0 Å². The molecule has 0 fully saturated rings. The lowest BCUT2D eigenvalue weighted by molar-refractivity contribution is -0.870. The number of carbonyl (C=O) groups excluding carboxylic acids is 2. The van der Waals surface area contributed by atoms with E-state index in [4.69, 9.17) is 18.5 Å². The summed E-state index contributed by atoms with van der Waals surface area (Å²) in [5.74, 6) is -0.789. The van der Waals surface area contributed by atoms with Crippen LogP contribution in [0.15, 0.2) is 24.3 Å². The molecule has 77 heavy (non-hydrogen) atoms. The number of esters is 2. The summed E-state index contributed by atoms with van der Waals surface area (Å²) in [6.45, 7) is 4.46. The number of allylic oxidation sites excluding steroid dienone is 4. The molecule has 0 aromatic heterocycles. The van der Waals surface area contributed by atoms with Gasteiger partial charge in [0, 0.05) is 12.8 Å². The number of hydrogen-bond donors (Lipinski definition) is 1. The molecule has 2 atom stereocenters. The van der Waals surface area contributed by atoms with Crippen LogP contribution in [-0.4, -0.2) is 74.9 Å². The van der Waals surface area contributed by atoms with Crippen molar-refractivity contribution in [3.63, 3.8) is 0 Å². The summed E-state index contributed by atoms with van der Waals surface area (Å²) in [6.07, 6.45) is 73.0. The van der Waals surface area contributed by atoms with Gasteiger partial charge in [0.2, 0.25) is 0 Å². The van der Waals surface area contributed by atoms with Gasteiger partial charge in [-0.25, -0.2) is 4.57 Å². The van der Waals surface area contributed by atoms with Crippen molar-refractivity contribution >= 4 is 19.8 Å². The van der Waals surface area contributed by atoms with Gasteiger partial charge in [-0.15, -0.1) is 0 Å². The Bertz CT molecular complexity index is 1350. The molecule has 10 heteroatoms. The van der Waals surface area contributed by atoms with Crippen LogP contribution in [0.2, 0.25) is 0 Å². The molecule has 0 spiro atoms. The van der Waals surface area contributed by atoms with Gasteiger partial charge in [0.15, 0.2) is 6.10 Å². The van der Waals surface area contributed by atoms with Crippen molar-refractivity contribution < 1.29 is 42.1 Å². The maximum atomic E-state index is 12.8. The largest absolute Gasteiger partial charge is 0.472 e. The van der Waals surface area contributed by atoms with Crippen LogP contribution in [0.4, 0.5) is 0 Å². The number of carbonyl (C=O) groups is 2. The lowest BCUT2D eigenvalue weighted by atomic mass is 10.0. The van der Waals surface area contributed by atoms with E-state index in [1.807, 2.05) is 21.1 Å². The molecular weight excluding hydrogens is 978 g/mol. The van der Waals surface area contributed by atoms with E-state index < -0.39 is 26.5 Å². The van der Waals surface area contributed by atoms with Gasteiger partial charge >= 0.3 is 19.8 Å². The highest BCUT2D eigenvalue weighted by Crippen LogP contribution is 2.43. The van der Waals surface area contributed by atoms with Crippen molar-refractivity contribution in [1.82, 2.24) is 0 Å². The fourth-order valence-electron chi connectivity index (χ4n) is 10.1. The van der Waals surface area contributed by atoms with Crippen molar-refractivity contribution in [3.8, 4) is 0 Å². The molecule has 456 valence electrons. The quantitative estimate of drug-likeness (QED) is 0.0211. The highest BCUT2D eigenvalue weighted by atomic mass is 31.2. The summed E-state index contributed by atoms with van der Waals surface area (Å²) in [5.41, 5.74) is 0. The fourth-order valence-corrected chi connectivity index (χ4v) is 10.8. The number of ether oxygens (including phenoxy) is 2. The van der Waals surface area contributed by atoms with E-state index in [1.165, 1.54) is 257 Å². The van der Waals surface area contributed by atoms with Gasteiger partial charge in [-0.3, -0.25) is 18.6 Å². The van der Waals surface area contributed by atoms with Gasteiger partial charge in [0.25, 0.3) is 0 Å². The van der Waals surface area contributed by atoms with Gasteiger partial charge in [0.1, 0.15) is 19.8 Å². The van der Waals surface area contributed by atoms with E-state index in [1.54, 1.807) is 0 Å². The first-order valence-electron chi connectivity index (χ1n) is 33.6. The van der Waals surface area contributed by atoms with E-state index in [0.717, 1.165) is 51.4 Å². The maximum absolute atomic E-state index is 12.8. The zero-order valence-corrected chi connectivity index (χ0v) is 52.9. The molecule has 0 aromatic carbocycles. The lowest BCUT2D eigenvalue weighted by Gasteiger charge is -2.24. The van der Waals surface area contributed by atoms with E-state index >= 15 is 0 Å². The van der Waals surface area contributed by atoms with E-state index in [9.17, 15) is 19.0 Å². The van der Waals surface area contributed by atoms with Gasteiger partial charge in [0.05, 0.1) is 27.7 Å². The molecule has 2 unspecified atom stereocenters. The second-order valence-corrected chi connectivity index (χ2v) is 25.7. The molecule has 0 aromatic rings. The molecule has 0 rings (SSSR count). The van der Waals surface area contributed by atoms with Crippen LogP contribution in [0, 0.1) is 0 Å². The third kappa shape index (κ3) is 63.5. The minimum Gasteiger partial charge on any atom is -0.462 e. The lowest BCUT2D eigenvalue weighted by Crippen LogP contribution is -2.37. The Labute approximate surface area is 479 Å².